The predicted molar refractivity (Wildman–Crippen MR) is 77.1 cm³/mol. The number of carbonyl (C=O) groups excluding carboxylic acids is 1. The Morgan fingerprint density at radius 2 is 2.10 bits per heavy atom. The Kier molecular flexibility index (Phi) is 5.01. The fourth-order valence-electron chi connectivity index (χ4n) is 2.70. The number of amides is 1. The van der Waals surface area contributed by atoms with Crippen molar-refractivity contribution in [3.05, 3.63) is 23.2 Å². The van der Waals surface area contributed by atoms with Crippen molar-refractivity contribution < 1.29 is 19.1 Å². The van der Waals surface area contributed by atoms with Gasteiger partial charge in [0, 0.05) is 19.0 Å². The summed E-state index contributed by atoms with van der Waals surface area (Å²) in [5.74, 6) is 0.256. The van der Waals surface area contributed by atoms with Crippen LogP contribution in [0.5, 0.6) is 0 Å². The van der Waals surface area contributed by atoms with Crippen LogP contribution < -0.4 is 5.32 Å². The second kappa shape index (κ2) is 6.76. The first-order valence-electron chi connectivity index (χ1n) is 7.25. The van der Waals surface area contributed by atoms with E-state index in [4.69, 9.17) is 9.52 Å². The van der Waals surface area contributed by atoms with Crippen molar-refractivity contribution in [1.29, 1.82) is 0 Å². The SMILES string of the molecule is CC(=O)NCC1CCN(Cc2cc(C)c(C(=O)O)o2)CC1. The molecular weight excluding hydrogens is 272 g/mol. The van der Waals surface area contributed by atoms with Crippen molar-refractivity contribution in [2.24, 2.45) is 5.92 Å². The van der Waals surface area contributed by atoms with Crippen LogP contribution in [-0.2, 0) is 11.3 Å². The first-order chi connectivity index (χ1) is 9.95. The number of nitrogens with one attached hydrogen (secondary N) is 1. The van der Waals surface area contributed by atoms with E-state index in [-0.39, 0.29) is 11.7 Å². The molecule has 2 rings (SSSR count). The van der Waals surface area contributed by atoms with Gasteiger partial charge in [0.1, 0.15) is 5.76 Å². The Bertz CT molecular complexity index is 516. The maximum absolute atomic E-state index is 11.0. The van der Waals surface area contributed by atoms with E-state index in [1.54, 1.807) is 13.0 Å². The smallest absolute Gasteiger partial charge is 0.372 e. The van der Waals surface area contributed by atoms with E-state index in [0.717, 1.165) is 32.5 Å². The van der Waals surface area contributed by atoms with Crippen molar-refractivity contribution in [3.63, 3.8) is 0 Å². The Balaban J connectivity index is 1.82. The summed E-state index contributed by atoms with van der Waals surface area (Å²) in [4.78, 5) is 24.1. The molecule has 1 aliphatic heterocycles. The zero-order valence-electron chi connectivity index (χ0n) is 12.5. The number of aromatic carboxylic acids is 1. The van der Waals surface area contributed by atoms with Crippen molar-refractivity contribution >= 4 is 11.9 Å². The highest BCUT2D eigenvalue weighted by Gasteiger charge is 2.21. The minimum atomic E-state index is -1.02. The standard InChI is InChI=1S/C15H22N2O4/c1-10-7-13(21-14(10)15(19)20)9-17-5-3-12(4-6-17)8-16-11(2)18/h7,12H,3-6,8-9H2,1-2H3,(H,16,18)(H,19,20). The number of nitrogens with zero attached hydrogens (tertiary/aromatic N) is 1. The molecule has 0 aromatic carbocycles. The largest absolute Gasteiger partial charge is 0.475 e. The molecule has 0 saturated carbocycles. The zero-order chi connectivity index (χ0) is 15.4. The molecule has 1 aromatic rings. The van der Waals surface area contributed by atoms with Gasteiger partial charge in [0.2, 0.25) is 11.7 Å². The molecule has 1 amide bonds. The molecule has 2 N–H and O–H groups in total. The highest BCUT2D eigenvalue weighted by molar-refractivity contribution is 5.86. The lowest BCUT2D eigenvalue weighted by Crippen LogP contribution is -2.37. The molecule has 21 heavy (non-hydrogen) atoms. The molecule has 0 radical (unpaired) electrons. The molecular formula is C15H22N2O4. The first kappa shape index (κ1) is 15.6. The van der Waals surface area contributed by atoms with E-state index in [9.17, 15) is 9.59 Å². The summed E-state index contributed by atoms with van der Waals surface area (Å²) in [5.41, 5.74) is 0.665. The molecule has 1 fully saturated rings. The van der Waals surface area contributed by atoms with E-state index >= 15 is 0 Å². The number of carboxylic acids is 1. The predicted octanol–water partition coefficient (Wildman–Crippen LogP) is 1.63. The van der Waals surface area contributed by atoms with Crippen LogP contribution in [0, 0.1) is 12.8 Å². The van der Waals surface area contributed by atoms with Gasteiger partial charge < -0.3 is 14.8 Å². The quantitative estimate of drug-likeness (QED) is 0.862. The average molecular weight is 294 g/mol. The maximum atomic E-state index is 11.0. The molecule has 116 valence electrons. The highest BCUT2D eigenvalue weighted by Crippen LogP contribution is 2.21. The van der Waals surface area contributed by atoms with Gasteiger partial charge in [0.15, 0.2) is 0 Å². The number of likely N-dealkylation sites (tertiary alicyclic amines) is 1. The first-order valence-corrected chi connectivity index (χ1v) is 7.25. The minimum Gasteiger partial charge on any atom is -0.475 e. The van der Waals surface area contributed by atoms with Gasteiger partial charge in [-0.1, -0.05) is 0 Å². The summed E-state index contributed by atoms with van der Waals surface area (Å²) < 4.78 is 5.39. The van der Waals surface area contributed by atoms with Gasteiger partial charge in [-0.2, -0.15) is 0 Å². The van der Waals surface area contributed by atoms with Crippen LogP contribution >= 0.6 is 0 Å². The summed E-state index contributed by atoms with van der Waals surface area (Å²) in [7, 11) is 0. The van der Waals surface area contributed by atoms with Gasteiger partial charge in [0.05, 0.1) is 6.54 Å². The summed E-state index contributed by atoms with van der Waals surface area (Å²) in [5, 5.41) is 11.8. The topological polar surface area (TPSA) is 82.8 Å². The normalized spacial score (nSPS) is 16.9. The molecule has 6 nitrogen and oxygen atoms in total. The summed E-state index contributed by atoms with van der Waals surface area (Å²) in [6, 6.07) is 1.80. The molecule has 1 saturated heterocycles. The molecule has 0 aliphatic carbocycles. The number of rotatable bonds is 5. The Morgan fingerprint density at radius 1 is 1.43 bits per heavy atom. The van der Waals surface area contributed by atoms with Gasteiger partial charge in [0.25, 0.3) is 0 Å². The number of furan rings is 1. The molecule has 0 bridgehead atoms. The zero-order valence-corrected chi connectivity index (χ0v) is 12.5. The number of hydrogen-bond acceptors (Lipinski definition) is 4. The summed E-state index contributed by atoms with van der Waals surface area (Å²) in [6.07, 6.45) is 2.07. The molecule has 6 heteroatoms. The van der Waals surface area contributed by atoms with Crippen LogP contribution in [0.4, 0.5) is 0 Å². The van der Waals surface area contributed by atoms with E-state index in [2.05, 4.69) is 10.2 Å². The highest BCUT2D eigenvalue weighted by atomic mass is 16.4. The van der Waals surface area contributed by atoms with Crippen LogP contribution in [0.15, 0.2) is 10.5 Å². The van der Waals surface area contributed by atoms with Crippen molar-refractivity contribution in [2.45, 2.75) is 33.2 Å². The van der Waals surface area contributed by atoms with Gasteiger partial charge >= 0.3 is 5.97 Å². The second-order valence-electron chi connectivity index (χ2n) is 5.69. The lowest BCUT2D eigenvalue weighted by molar-refractivity contribution is -0.119. The Labute approximate surface area is 124 Å². The fraction of sp³-hybridized carbons (Fsp3) is 0.600. The van der Waals surface area contributed by atoms with Gasteiger partial charge in [-0.15, -0.1) is 0 Å². The average Bonchev–Trinajstić information content (AvgIpc) is 2.79. The number of aryl methyl sites for hydroxylation is 1. The van der Waals surface area contributed by atoms with Crippen LogP contribution in [-0.4, -0.2) is 41.5 Å². The van der Waals surface area contributed by atoms with Crippen molar-refractivity contribution in [1.82, 2.24) is 10.2 Å². The van der Waals surface area contributed by atoms with Crippen molar-refractivity contribution in [3.8, 4) is 0 Å². The lowest BCUT2D eigenvalue weighted by Gasteiger charge is -2.31. The number of piperidine rings is 1. The third-order valence-corrected chi connectivity index (χ3v) is 3.89. The number of hydrogen-bond donors (Lipinski definition) is 2. The number of carbonyl (C=O) groups is 2. The lowest BCUT2D eigenvalue weighted by atomic mass is 9.96. The molecule has 1 aromatic heterocycles. The fourth-order valence-corrected chi connectivity index (χ4v) is 2.70. The molecule has 1 aliphatic rings. The van der Waals surface area contributed by atoms with Gasteiger partial charge in [-0.25, -0.2) is 4.79 Å². The van der Waals surface area contributed by atoms with Crippen LogP contribution in [0.2, 0.25) is 0 Å². The third kappa shape index (κ3) is 4.32. The van der Waals surface area contributed by atoms with Gasteiger partial charge in [-0.3, -0.25) is 9.69 Å². The molecule has 2 heterocycles. The van der Waals surface area contributed by atoms with Crippen molar-refractivity contribution in [2.75, 3.05) is 19.6 Å². The van der Waals surface area contributed by atoms with E-state index in [1.807, 2.05) is 0 Å². The van der Waals surface area contributed by atoms with E-state index in [1.165, 1.54) is 6.92 Å². The maximum Gasteiger partial charge on any atom is 0.372 e. The Hall–Kier alpha value is -1.82. The van der Waals surface area contributed by atoms with Crippen LogP contribution in [0.3, 0.4) is 0 Å². The molecule has 0 unspecified atom stereocenters. The monoisotopic (exact) mass is 294 g/mol. The summed E-state index contributed by atoms with van der Waals surface area (Å²) >= 11 is 0. The van der Waals surface area contributed by atoms with Crippen LogP contribution in [0.1, 0.15) is 41.6 Å². The summed E-state index contributed by atoms with van der Waals surface area (Å²) in [6.45, 7) is 6.54. The molecule has 0 spiro atoms. The van der Waals surface area contributed by atoms with Gasteiger partial charge in [-0.05, 0) is 44.8 Å². The minimum absolute atomic E-state index is 0.0182. The second-order valence-corrected chi connectivity index (χ2v) is 5.69. The van der Waals surface area contributed by atoms with E-state index < -0.39 is 5.97 Å². The Morgan fingerprint density at radius 3 is 2.62 bits per heavy atom. The van der Waals surface area contributed by atoms with E-state index in [0.29, 0.717) is 23.8 Å². The number of carboxylic acid groups (broad SMARTS) is 1. The third-order valence-electron chi connectivity index (χ3n) is 3.89. The molecule has 0 atom stereocenters. The van der Waals surface area contributed by atoms with Crippen LogP contribution in [0.25, 0.3) is 0 Å².